The van der Waals surface area contributed by atoms with Gasteiger partial charge in [-0.25, -0.2) is 12.7 Å². The van der Waals surface area contributed by atoms with E-state index < -0.39 is 34.2 Å². The van der Waals surface area contributed by atoms with Crippen molar-refractivity contribution in [3.05, 3.63) is 24.0 Å². The number of β-lactam (4-membered cyclic amide) rings is 1. The number of amides is 2. The normalized spacial score (nSPS) is 24.1. The van der Waals surface area contributed by atoms with E-state index in [1.807, 2.05) is 0 Å². The van der Waals surface area contributed by atoms with Crippen LogP contribution in [0.4, 0.5) is 0 Å². The summed E-state index contributed by atoms with van der Waals surface area (Å²) in [5, 5.41) is 6.37. The number of nitrogens with one attached hydrogen (secondary N) is 1. The summed E-state index contributed by atoms with van der Waals surface area (Å²) in [7, 11) is -4.80. The second-order valence-electron chi connectivity index (χ2n) is 4.77. The van der Waals surface area contributed by atoms with Crippen LogP contribution in [0.25, 0.3) is 6.08 Å². The minimum atomic E-state index is -4.80. The van der Waals surface area contributed by atoms with Crippen molar-refractivity contribution in [3.8, 4) is 0 Å². The number of aromatic nitrogens is 2. The summed E-state index contributed by atoms with van der Waals surface area (Å²) in [6, 6.07) is 0.0775. The van der Waals surface area contributed by atoms with Gasteiger partial charge in [0.15, 0.2) is 10.3 Å². The molecule has 1 aromatic rings. The maximum atomic E-state index is 12.0. The van der Waals surface area contributed by atoms with Crippen LogP contribution < -0.4 is 29.6 Å². The summed E-state index contributed by atoms with van der Waals surface area (Å²) in [6.07, 6.45) is 4.59. The first-order valence-corrected chi connectivity index (χ1v) is 7.53. The van der Waals surface area contributed by atoms with Crippen molar-refractivity contribution in [1.82, 2.24) is 19.4 Å². The van der Waals surface area contributed by atoms with Gasteiger partial charge in [0.1, 0.15) is 6.04 Å². The van der Waals surface area contributed by atoms with Gasteiger partial charge in [-0.3, -0.25) is 14.7 Å². The molecule has 0 aromatic carbocycles. The van der Waals surface area contributed by atoms with E-state index in [0.717, 1.165) is 0 Å². The molecule has 3 rings (SSSR count). The standard InChI is InChI=1S/C11H12N4O5S.Na/c16-9(2-1-7-3-5-12-13-7)14-6-4-8-10(14)11(17)15(8)21(18,19)20;/h1-3,5,8,10H,4,6H2,(H,12,13)(H,18,19,20);/q;+1/p-1/b2-1+;/t8-,10+;/m1./s1. The van der Waals surface area contributed by atoms with E-state index in [9.17, 15) is 22.6 Å². The third kappa shape index (κ3) is 2.84. The summed E-state index contributed by atoms with van der Waals surface area (Å²) >= 11 is 0. The number of carbonyl (C=O) groups is 2. The van der Waals surface area contributed by atoms with Gasteiger partial charge >= 0.3 is 29.6 Å². The molecule has 112 valence electrons. The molecule has 0 radical (unpaired) electrons. The SMILES string of the molecule is O=C(/C=C/c1ccn[nH]1)N1CC[C@@H]2[C@H]1C(=O)N2S(=O)(=O)[O-].[Na+]. The monoisotopic (exact) mass is 334 g/mol. The van der Waals surface area contributed by atoms with Gasteiger partial charge in [-0.1, -0.05) is 0 Å². The fourth-order valence-electron chi connectivity index (χ4n) is 2.67. The summed E-state index contributed by atoms with van der Waals surface area (Å²) in [4.78, 5) is 25.1. The van der Waals surface area contributed by atoms with Crippen molar-refractivity contribution in [2.24, 2.45) is 0 Å². The van der Waals surface area contributed by atoms with E-state index in [0.29, 0.717) is 10.00 Å². The predicted molar refractivity (Wildman–Crippen MR) is 68.1 cm³/mol. The van der Waals surface area contributed by atoms with Gasteiger partial charge in [-0.15, -0.1) is 0 Å². The number of carbonyl (C=O) groups excluding carboxylic acids is 2. The Balaban J connectivity index is 0.00000176. The average Bonchev–Trinajstić information content (AvgIpc) is 3.00. The van der Waals surface area contributed by atoms with Gasteiger partial charge in [0.2, 0.25) is 5.91 Å². The molecule has 2 aliphatic rings. The number of H-pyrrole nitrogens is 1. The van der Waals surface area contributed by atoms with Crippen molar-refractivity contribution in [2.45, 2.75) is 18.5 Å². The van der Waals surface area contributed by atoms with Gasteiger partial charge in [-0.2, -0.15) is 5.10 Å². The molecule has 0 bridgehead atoms. The molecule has 11 heteroatoms. The molecule has 1 aromatic heterocycles. The Kier molecular flexibility index (Phi) is 4.78. The molecule has 2 amide bonds. The number of rotatable bonds is 3. The van der Waals surface area contributed by atoms with Crippen LogP contribution >= 0.6 is 0 Å². The Labute approximate surface area is 148 Å². The summed E-state index contributed by atoms with van der Waals surface area (Å²) in [5.74, 6) is -1.25. The molecule has 0 unspecified atom stereocenters. The smallest absolute Gasteiger partial charge is 0.731 e. The first-order chi connectivity index (χ1) is 9.89. The quantitative estimate of drug-likeness (QED) is 0.258. The molecule has 2 fully saturated rings. The van der Waals surface area contributed by atoms with Crippen molar-refractivity contribution in [1.29, 1.82) is 0 Å². The first-order valence-electron chi connectivity index (χ1n) is 6.17. The average molecular weight is 334 g/mol. The zero-order chi connectivity index (χ0) is 15.2. The minimum Gasteiger partial charge on any atom is -0.731 e. The van der Waals surface area contributed by atoms with Crippen LogP contribution in [0.5, 0.6) is 0 Å². The maximum Gasteiger partial charge on any atom is 1.00 e. The van der Waals surface area contributed by atoms with E-state index >= 15 is 0 Å². The van der Waals surface area contributed by atoms with E-state index in [2.05, 4.69) is 10.2 Å². The van der Waals surface area contributed by atoms with Gasteiger partial charge in [0.05, 0.1) is 11.7 Å². The van der Waals surface area contributed by atoms with Crippen molar-refractivity contribution in [3.63, 3.8) is 0 Å². The van der Waals surface area contributed by atoms with E-state index in [-0.39, 0.29) is 42.5 Å². The molecule has 9 nitrogen and oxygen atoms in total. The molecular formula is C11H11N4NaO5S. The number of hydrogen-bond acceptors (Lipinski definition) is 6. The molecule has 0 saturated carbocycles. The number of hydrogen-bond donors (Lipinski definition) is 1. The number of fused-ring (bicyclic) bond motifs is 1. The van der Waals surface area contributed by atoms with E-state index in [4.69, 9.17) is 0 Å². The van der Waals surface area contributed by atoms with Crippen LogP contribution in [0.2, 0.25) is 0 Å². The summed E-state index contributed by atoms with van der Waals surface area (Å²) in [6.45, 7) is 0.235. The molecule has 3 heterocycles. The van der Waals surface area contributed by atoms with Gasteiger partial charge in [-0.05, 0) is 18.6 Å². The fourth-order valence-corrected chi connectivity index (χ4v) is 3.55. The summed E-state index contributed by atoms with van der Waals surface area (Å²) in [5.41, 5.74) is 0.628. The minimum absolute atomic E-state index is 0. The Hall–Kier alpha value is -1.20. The topological polar surface area (TPSA) is 126 Å². The van der Waals surface area contributed by atoms with Crippen LogP contribution in [0, 0.1) is 0 Å². The Morgan fingerprint density at radius 2 is 2.23 bits per heavy atom. The molecular weight excluding hydrogens is 323 g/mol. The number of nitrogens with zero attached hydrogens (tertiary/aromatic N) is 3. The van der Waals surface area contributed by atoms with Crippen LogP contribution in [-0.2, 0) is 19.9 Å². The fraction of sp³-hybridized carbons (Fsp3) is 0.364. The molecule has 0 aliphatic carbocycles. The van der Waals surface area contributed by atoms with Crippen molar-refractivity contribution < 1.29 is 52.1 Å². The van der Waals surface area contributed by atoms with Gasteiger partial charge in [0.25, 0.3) is 5.91 Å². The van der Waals surface area contributed by atoms with Crippen LogP contribution in [0.1, 0.15) is 12.1 Å². The largest absolute Gasteiger partial charge is 1.00 e. The van der Waals surface area contributed by atoms with Crippen molar-refractivity contribution in [2.75, 3.05) is 6.54 Å². The zero-order valence-corrected chi connectivity index (χ0v) is 14.5. The van der Waals surface area contributed by atoms with E-state index in [1.54, 1.807) is 6.07 Å². The first kappa shape index (κ1) is 17.2. The van der Waals surface area contributed by atoms with Crippen LogP contribution in [0.15, 0.2) is 18.3 Å². The number of aromatic amines is 1. The Bertz CT molecular complexity index is 717. The predicted octanol–water partition coefficient (Wildman–Crippen LogP) is -4.30. The van der Waals surface area contributed by atoms with E-state index in [1.165, 1.54) is 23.2 Å². The molecule has 2 atom stereocenters. The molecule has 2 saturated heterocycles. The molecule has 1 N–H and O–H groups in total. The second kappa shape index (κ2) is 6.13. The zero-order valence-electron chi connectivity index (χ0n) is 11.7. The molecule has 0 spiro atoms. The van der Waals surface area contributed by atoms with Crippen LogP contribution in [-0.4, -0.2) is 62.8 Å². The van der Waals surface area contributed by atoms with Crippen LogP contribution in [0.3, 0.4) is 0 Å². The van der Waals surface area contributed by atoms with Gasteiger partial charge < -0.3 is 9.45 Å². The number of likely N-dealkylation sites (tertiary alicyclic amines) is 1. The second-order valence-corrected chi connectivity index (χ2v) is 6.02. The van der Waals surface area contributed by atoms with Gasteiger partial charge in [0, 0.05) is 18.8 Å². The molecule has 22 heavy (non-hydrogen) atoms. The Morgan fingerprint density at radius 3 is 2.82 bits per heavy atom. The molecule has 2 aliphatic heterocycles. The Morgan fingerprint density at radius 1 is 1.50 bits per heavy atom. The van der Waals surface area contributed by atoms with Crippen molar-refractivity contribution >= 4 is 28.2 Å². The maximum absolute atomic E-state index is 12.0. The third-order valence-corrected chi connectivity index (χ3v) is 4.52. The third-order valence-electron chi connectivity index (χ3n) is 3.59. The summed E-state index contributed by atoms with van der Waals surface area (Å²) < 4.78 is 33.2.